The average molecular weight is 208 g/mol. The molecule has 0 saturated heterocycles. The van der Waals surface area contributed by atoms with Gasteiger partial charge in [0.05, 0.1) is 4.88 Å². The molecule has 1 heterocycles. The molecule has 1 nitrogen and oxygen atoms in total. The molecule has 0 aliphatic heterocycles. The molecule has 0 amide bonds. The van der Waals surface area contributed by atoms with Gasteiger partial charge in [-0.05, 0) is 38.3 Å². The number of carbonyl (C=O) groups excluding carboxylic acids is 1. The van der Waals surface area contributed by atoms with E-state index in [1.807, 2.05) is 6.92 Å². The second kappa shape index (κ2) is 3.85. The van der Waals surface area contributed by atoms with E-state index in [2.05, 4.69) is 13.0 Å². The number of rotatable bonds is 2. The molecule has 1 aliphatic rings. The van der Waals surface area contributed by atoms with Crippen LogP contribution in [0.3, 0.4) is 0 Å². The van der Waals surface area contributed by atoms with Crippen LogP contribution in [0.15, 0.2) is 6.07 Å². The number of aryl methyl sites for hydroxylation is 2. The first-order valence-corrected chi connectivity index (χ1v) is 6.11. The first-order valence-electron chi connectivity index (χ1n) is 5.29. The van der Waals surface area contributed by atoms with E-state index < -0.39 is 0 Å². The van der Waals surface area contributed by atoms with Crippen molar-refractivity contribution in [3.05, 3.63) is 21.4 Å². The molecule has 0 bridgehead atoms. The lowest BCUT2D eigenvalue weighted by Gasteiger charge is -2.06. The lowest BCUT2D eigenvalue weighted by molar-refractivity contribution is 0.0926. The van der Waals surface area contributed by atoms with Gasteiger partial charge in [0.1, 0.15) is 0 Å². The Balaban J connectivity index is 2.21. The third-order valence-electron chi connectivity index (χ3n) is 2.99. The molecule has 0 radical (unpaired) electrons. The van der Waals surface area contributed by atoms with Crippen LogP contribution in [0.4, 0.5) is 0 Å². The second-order valence-electron chi connectivity index (χ2n) is 4.21. The van der Waals surface area contributed by atoms with Gasteiger partial charge in [-0.3, -0.25) is 4.79 Å². The third kappa shape index (κ3) is 1.76. The molecule has 14 heavy (non-hydrogen) atoms. The number of hydrogen-bond donors (Lipinski definition) is 0. The average Bonchev–Trinajstić information content (AvgIpc) is 2.73. The second-order valence-corrected chi connectivity index (χ2v) is 5.47. The van der Waals surface area contributed by atoms with E-state index in [0.717, 1.165) is 17.7 Å². The minimum atomic E-state index is 0.326. The Morgan fingerprint density at radius 2 is 2.00 bits per heavy atom. The number of thiophene rings is 1. The molecule has 0 N–H and O–H groups in total. The summed E-state index contributed by atoms with van der Waals surface area (Å²) in [6.07, 6.45) is 4.68. The first-order chi connectivity index (χ1) is 6.68. The van der Waals surface area contributed by atoms with E-state index >= 15 is 0 Å². The quantitative estimate of drug-likeness (QED) is 0.677. The van der Waals surface area contributed by atoms with Crippen LogP contribution < -0.4 is 0 Å². The number of ketones is 1. The van der Waals surface area contributed by atoms with E-state index in [-0.39, 0.29) is 0 Å². The van der Waals surface area contributed by atoms with Gasteiger partial charge in [-0.25, -0.2) is 0 Å². The fourth-order valence-electron chi connectivity index (χ4n) is 2.26. The first kappa shape index (κ1) is 9.91. The van der Waals surface area contributed by atoms with Gasteiger partial charge in [-0.1, -0.05) is 12.8 Å². The van der Waals surface area contributed by atoms with Crippen LogP contribution in [0, 0.1) is 19.8 Å². The minimum absolute atomic E-state index is 0.326. The van der Waals surface area contributed by atoms with Crippen LogP contribution in [0.5, 0.6) is 0 Å². The van der Waals surface area contributed by atoms with E-state index in [4.69, 9.17) is 0 Å². The molecule has 1 aromatic heterocycles. The van der Waals surface area contributed by atoms with Crippen molar-refractivity contribution in [3.63, 3.8) is 0 Å². The summed E-state index contributed by atoms with van der Waals surface area (Å²) in [7, 11) is 0. The molecule has 0 spiro atoms. The lowest BCUT2D eigenvalue weighted by Crippen LogP contribution is -2.10. The highest BCUT2D eigenvalue weighted by atomic mass is 32.1. The highest BCUT2D eigenvalue weighted by molar-refractivity contribution is 7.14. The van der Waals surface area contributed by atoms with Crippen LogP contribution >= 0.6 is 11.3 Å². The lowest BCUT2D eigenvalue weighted by atomic mass is 10.00. The highest BCUT2D eigenvalue weighted by Gasteiger charge is 2.25. The molecule has 0 unspecified atom stereocenters. The fourth-order valence-corrected chi connectivity index (χ4v) is 3.30. The summed E-state index contributed by atoms with van der Waals surface area (Å²) in [6, 6.07) is 2.12. The highest BCUT2D eigenvalue weighted by Crippen LogP contribution is 2.31. The molecule has 1 saturated carbocycles. The zero-order valence-electron chi connectivity index (χ0n) is 8.80. The summed E-state index contributed by atoms with van der Waals surface area (Å²) >= 11 is 1.66. The Hall–Kier alpha value is -0.630. The summed E-state index contributed by atoms with van der Waals surface area (Å²) in [5, 5.41) is 0. The van der Waals surface area contributed by atoms with Crippen LogP contribution in [-0.4, -0.2) is 5.78 Å². The summed E-state index contributed by atoms with van der Waals surface area (Å²) < 4.78 is 0. The number of Topliss-reactive ketones (excluding diaryl/α,β-unsaturated/α-hetero) is 1. The molecule has 76 valence electrons. The fraction of sp³-hybridized carbons (Fsp3) is 0.583. The van der Waals surface area contributed by atoms with Crippen molar-refractivity contribution < 1.29 is 4.79 Å². The number of hydrogen-bond acceptors (Lipinski definition) is 2. The molecule has 2 rings (SSSR count). The monoisotopic (exact) mass is 208 g/mol. The Morgan fingerprint density at radius 3 is 2.50 bits per heavy atom. The summed E-state index contributed by atoms with van der Waals surface area (Å²) in [5.74, 6) is 0.727. The van der Waals surface area contributed by atoms with E-state index in [1.54, 1.807) is 11.3 Å². The van der Waals surface area contributed by atoms with Gasteiger partial charge >= 0.3 is 0 Å². The van der Waals surface area contributed by atoms with E-state index in [9.17, 15) is 4.79 Å². The molecule has 1 fully saturated rings. The van der Waals surface area contributed by atoms with Crippen molar-refractivity contribution in [3.8, 4) is 0 Å². The topological polar surface area (TPSA) is 17.1 Å². The standard InChI is InChI=1S/C12H16OS/c1-8-7-9(2)14-12(8)11(13)10-5-3-4-6-10/h7,10H,3-6H2,1-2H3. The molecule has 0 aromatic carbocycles. The predicted molar refractivity (Wildman–Crippen MR) is 60.1 cm³/mol. The van der Waals surface area contributed by atoms with Crippen molar-refractivity contribution >= 4 is 17.1 Å². The number of carbonyl (C=O) groups is 1. The Morgan fingerprint density at radius 1 is 1.36 bits per heavy atom. The van der Waals surface area contributed by atoms with E-state index in [0.29, 0.717) is 11.7 Å². The molecule has 0 atom stereocenters. The van der Waals surface area contributed by atoms with Gasteiger partial charge in [0.2, 0.25) is 0 Å². The SMILES string of the molecule is Cc1cc(C)c(C(=O)C2CCCC2)s1. The molecule has 1 aliphatic carbocycles. The predicted octanol–water partition coefficient (Wildman–Crippen LogP) is 3.74. The Kier molecular flexibility index (Phi) is 2.73. The minimum Gasteiger partial charge on any atom is -0.293 e. The van der Waals surface area contributed by atoms with Gasteiger partial charge in [0, 0.05) is 10.8 Å². The summed E-state index contributed by atoms with van der Waals surface area (Å²) in [5.41, 5.74) is 1.17. The third-order valence-corrected chi connectivity index (χ3v) is 4.16. The van der Waals surface area contributed by atoms with Gasteiger partial charge < -0.3 is 0 Å². The van der Waals surface area contributed by atoms with Crippen molar-refractivity contribution in [1.29, 1.82) is 0 Å². The van der Waals surface area contributed by atoms with Crippen molar-refractivity contribution in [1.82, 2.24) is 0 Å². The van der Waals surface area contributed by atoms with Gasteiger partial charge in [0.25, 0.3) is 0 Å². The van der Waals surface area contributed by atoms with Crippen LogP contribution in [0.1, 0.15) is 45.8 Å². The largest absolute Gasteiger partial charge is 0.293 e. The van der Waals surface area contributed by atoms with Crippen molar-refractivity contribution in [2.75, 3.05) is 0 Å². The molecular formula is C12H16OS. The van der Waals surface area contributed by atoms with Gasteiger partial charge in [-0.15, -0.1) is 11.3 Å². The van der Waals surface area contributed by atoms with Gasteiger partial charge in [-0.2, -0.15) is 0 Å². The smallest absolute Gasteiger partial charge is 0.176 e. The maximum absolute atomic E-state index is 12.1. The maximum Gasteiger partial charge on any atom is 0.176 e. The van der Waals surface area contributed by atoms with Crippen LogP contribution in [-0.2, 0) is 0 Å². The molecule has 1 aromatic rings. The van der Waals surface area contributed by atoms with Crippen molar-refractivity contribution in [2.45, 2.75) is 39.5 Å². The van der Waals surface area contributed by atoms with Gasteiger partial charge in [0.15, 0.2) is 5.78 Å². The van der Waals surface area contributed by atoms with Crippen molar-refractivity contribution in [2.24, 2.45) is 5.92 Å². The van der Waals surface area contributed by atoms with Crippen LogP contribution in [0.25, 0.3) is 0 Å². The van der Waals surface area contributed by atoms with E-state index in [1.165, 1.54) is 23.3 Å². The zero-order valence-corrected chi connectivity index (χ0v) is 9.62. The molecular weight excluding hydrogens is 192 g/mol. The molecule has 2 heteroatoms. The maximum atomic E-state index is 12.1. The Bertz CT molecular complexity index is 345. The summed E-state index contributed by atoms with van der Waals surface area (Å²) in [6.45, 7) is 4.12. The zero-order chi connectivity index (χ0) is 10.1. The van der Waals surface area contributed by atoms with Crippen LogP contribution in [0.2, 0.25) is 0 Å². The Labute approximate surface area is 89.1 Å². The normalized spacial score (nSPS) is 17.6. The summed E-state index contributed by atoms with van der Waals surface area (Å²) in [4.78, 5) is 14.4.